The minimum Gasteiger partial charge on any atom is -0.469 e. The molecular weight excluding hydrogens is 285 g/mol. The van der Waals surface area contributed by atoms with Crippen molar-refractivity contribution in [3.8, 4) is 0 Å². The Morgan fingerprint density at radius 2 is 1.95 bits per heavy atom. The number of nitrogens with one attached hydrogen (secondary N) is 1. The zero-order valence-electron chi connectivity index (χ0n) is 13.0. The van der Waals surface area contributed by atoms with Gasteiger partial charge in [-0.25, -0.2) is 4.39 Å². The molecule has 1 fully saturated rings. The lowest BCUT2D eigenvalue weighted by atomic mass is 9.79. The van der Waals surface area contributed by atoms with Crippen LogP contribution < -0.4 is 5.32 Å². The van der Waals surface area contributed by atoms with Gasteiger partial charge in [-0.3, -0.25) is 9.59 Å². The Bertz CT molecular complexity index is 551. The molecule has 1 aromatic carbocycles. The molecule has 0 bridgehead atoms. The van der Waals surface area contributed by atoms with E-state index in [1.807, 2.05) is 0 Å². The maximum Gasteiger partial charge on any atom is 0.308 e. The Morgan fingerprint density at radius 1 is 1.27 bits per heavy atom. The zero-order chi connectivity index (χ0) is 16.1. The first-order chi connectivity index (χ1) is 10.5. The van der Waals surface area contributed by atoms with Crippen LogP contribution in [0.25, 0.3) is 0 Å². The van der Waals surface area contributed by atoms with Gasteiger partial charge in [-0.15, -0.1) is 0 Å². The van der Waals surface area contributed by atoms with Gasteiger partial charge in [0.15, 0.2) is 0 Å². The minimum absolute atomic E-state index is 0.0247. The highest BCUT2D eigenvalue weighted by Gasteiger charge is 2.27. The van der Waals surface area contributed by atoms with Gasteiger partial charge in [0.2, 0.25) is 0 Å². The molecule has 4 nitrogen and oxygen atoms in total. The van der Waals surface area contributed by atoms with E-state index in [2.05, 4.69) is 5.32 Å². The van der Waals surface area contributed by atoms with Crippen molar-refractivity contribution in [3.05, 3.63) is 35.1 Å². The number of hydrogen-bond donors (Lipinski definition) is 1. The third-order valence-corrected chi connectivity index (χ3v) is 4.42. The van der Waals surface area contributed by atoms with Crippen molar-refractivity contribution < 1.29 is 18.7 Å². The number of carbonyl (C=O) groups excluding carboxylic acids is 2. The van der Waals surface area contributed by atoms with Gasteiger partial charge >= 0.3 is 5.97 Å². The van der Waals surface area contributed by atoms with Crippen LogP contribution in [0.15, 0.2) is 18.2 Å². The summed E-state index contributed by atoms with van der Waals surface area (Å²) in [5.41, 5.74) is 1.05. The van der Waals surface area contributed by atoms with Crippen molar-refractivity contribution >= 4 is 11.9 Å². The molecule has 0 spiro atoms. The molecule has 0 radical (unpaired) electrons. The van der Waals surface area contributed by atoms with Crippen molar-refractivity contribution in [2.75, 3.05) is 14.2 Å². The van der Waals surface area contributed by atoms with Crippen molar-refractivity contribution in [1.29, 1.82) is 0 Å². The molecule has 0 aromatic heterocycles. The summed E-state index contributed by atoms with van der Waals surface area (Å²) in [4.78, 5) is 23.1. The summed E-state index contributed by atoms with van der Waals surface area (Å²) in [5, 5.41) is 2.54. The summed E-state index contributed by atoms with van der Waals surface area (Å²) < 4.78 is 18.7. The molecule has 1 aliphatic rings. The molecule has 120 valence electrons. The first-order valence-electron chi connectivity index (χ1n) is 7.63. The topological polar surface area (TPSA) is 55.4 Å². The van der Waals surface area contributed by atoms with E-state index in [1.54, 1.807) is 13.1 Å². The van der Waals surface area contributed by atoms with Crippen molar-refractivity contribution in [1.82, 2.24) is 5.32 Å². The molecule has 2 rings (SSSR count). The average Bonchev–Trinajstić information content (AvgIpc) is 2.56. The summed E-state index contributed by atoms with van der Waals surface area (Å²) in [6.07, 6.45) is 3.93. The molecule has 5 heteroatoms. The number of halogens is 1. The Kier molecular flexibility index (Phi) is 5.52. The Labute approximate surface area is 130 Å². The maximum atomic E-state index is 13.9. The van der Waals surface area contributed by atoms with Crippen LogP contribution in [0, 0.1) is 17.7 Å². The van der Waals surface area contributed by atoms with Crippen LogP contribution in [0.3, 0.4) is 0 Å². The number of rotatable bonds is 4. The second kappa shape index (κ2) is 7.38. The highest BCUT2D eigenvalue weighted by Crippen LogP contribution is 2.32. The third-order valence-electron chi connectivity index (χ3n) is 4.42. The van der Waals surface area contributed by atoms with E-state index in [1.165, 1.54) is 19.2 Å². The van der Waals surface area contributed by atoms with Crippen LogP contribution in [-0.4, -0.2) is 26.0 Å². The molecule has 1 aliphatic carbocycles. The monoisotopic (exact) mass is 307 g/mol. The van der Waals surface area contributed by atoms with Gasteiger partial charge in [-0.2, -0.15) is 0 Å². The molecule has 0 unspecified atom stereocenters. The summed E-state index contributed by atoms with van der Waals surface area (Å²) in [6.45, 7) is 0. The number of benzene rings is 1. The smallest absolute Gasteiger partial charge is 0.308 e. The number of methoxy groups -OCH3 is 1. The van der Waals surface area contributed by atoms with E-state index in [-0.39, 0.29) is 23.6 Å². The molecular formula is C17H22FNO3. The average molecular weight is 307 g/mol. The van der Waals surface area contributed by atoms with Gasteiger partial charge in [-0.1, -0.05) is 0 Å². The van der Waals surface area contributed by atoms with Gasteiger partial charge in [0.05, 0.1) is 13.0 Å². The number of hydrogen-bond acceptors (Lipinski definition) is 3. The molecule has 0 heterocycles. The molecule has 0 saturated heterocycles. The second-order valence-electron chi connectivity index (χ2n) is 5.83. The van der Waals surface area contributed by atoms with E-state index >= 15 is 0 Å². The van der Waals surface area contributed by atoms with Gasteiger partial charge < -0.3 is 10.1 Å². The molecule has 1 N–H and O–H groups in total. The van der Waals surface area contributed by atoms with Crippen LogP contribution in [0.4, 0.5) is 4.39 Å². The van der Waals surface area contributed by atoms with E-state index in [9.17, 15) is 14.0 Å². The normalized spacial score (nSPS) is 21.2. The molecule has 1 amide bonds. The third kappa shape index (κ3) is 3.84. The zero-order valence-corrected chi connectivity index (χ0v) is 13.0. The molecule has 1 saturated carbocycles. The standard InChI is InChI=1S/C17H22FNO3/c1-19-16(20)13-7-8-15(18)14(10-13)9-11-3-5-12(6-4-11)17(21)22-2/h7-8,10-12H,3-6,9H2,1-2H3,(H,19,20)/t11-,12-. The van der Waals surface area contributed by atoms with E-state index in [0.29, 0.717) is 23.5 Å². The number of amides is 1. The summed E-state index contributed by atoms with van der Waals surface area (Å²) >= 11 is 0. The first-order valence-corrected chi connectivity index (χ1v) is 7.63. The Morgan fingerprint density at radius 3 is 2.55 bits per heavy atom. The lowest BCUT2D eigenvalue weighted by Crippen LogP contribution is -2.24. The molecule has 0 atom stereocenters. The van der Waals surface area contributed by atoms with Crippen molar-refractivity contribution in [3.63, 3.8) is 0 Å². The fraction of sp³-hybridized carbons (Fsp3) is 0.529. The first kappa shape index (κ1) is 16.5. The predicted octanol–water partition coefficient (Wildman–Crippen LogP) is 2.71. The summed E-state index contributed by atoms with van der Waals surface area (Å²) in [5.74, 6) is -0.316. The van der Waals surface area contributed by atoms with E-state index in [4.69, 9.17) is 4.74 Å². The highest BCUT2D eigenvalue weighted by atomic mass is 19.1. The van der Waals surface area contributed by atoms with Crippen LogP contribution in [0.1, 0.15) is 41.6 Å². The van der Waals surface area contributed by atoms with Crippen molar-refractivity contribution in [2.24, 2.45) is 11.8 Å². The largest absolute Gasteiger partial charge is 0.469 e. The number of esters is 1. The fourth-order valence-electron chi connectivity index (χ4n) is 3.10. The van der Waals surface area contributed by atoms with Crippen LogP contribution in [0.5, 0.6) is 0 Å². The summed E-state index contributed by atoms with van der Waals surface area (Å²) in [6, 6.07) is 4.46. The molecule has 22 heavy (non-hydrogen) atoms. The van der Waals surface area contributed by atoms with Gasteiger partial charge in [0, 0.05) is 12.6 Å². The second-order valence-corrected chi connectivity index (χ2v) is 5.83. The Hall–Kier alpha value is -1.91. The van der Waals surface area contributed by atoms with E-state index < -0.39 is 0 Å². The fourth-order valence-corrected chi connectivity index (χ4v) is 3.10. The van der Waals surface area contributed by atoms with Gasteiger partial charge in [0.25, 0.3) is 5.91 Å². The van der Waals surface area contributed by atoms with Gasteiger partial charge in [-0.05, 0) is 61.8 Å². The number of carbonyl (C=O) groups is 2. The maximum absolute atomic E-state index is 13.9. The Balaban J connectivity index is 2.00. The van der Waals surface area contributed by atoms with E-state index in [0.717, 1.165) is 25.7 Å². The molecule has 1 aromatic rings. The minimum atomic E-state index is -0.275. The SMILES string of the molecule is CNC(=O)c1ccc(F)c(C[C@H]2CC[C@H](C(=O)OC)CC2)c1. The van der Waals surface area contributed by atoms with Crippen LogP contribution >= 0.6 is 0 Å². The quantitative estimate of drug-likeness (QED) is 0.870. The predicted molar refractivity (Wildman–Crippen MR) is 81.0 cm³/mol. The highest BCUT2D eigenvalue weighted by molar-refractivity contribution is 5.94. The lowest BCUT2D eigenvalue weighted by molar-refractivity contribution is -0.146. The molecule has 0 aliphatic heterocycles. The van der Waals surface area contributed by atoms with Crippen molar-refractivity contribution in [2.45, 2.75) is 32.1 Å². The van der Waals surface area contributed by atoms with Crippen LogP contribution in [-0.2, 0) is 16.0 Å². The number of ether oxygens (including phenoxy) is 1. The van der Waals surface area contributed by atoms with Gasteiger partial charge in [0.1, 0.15) is 5.82 Å². The summed E-state index contributed by atoms with van der Waals surface area (Å²) in [7, 11) is 2.97. The lowest BCUT2D eigenvalue weighted by Gasteiger charge is -2.27. The van der Waals surface area contributed by atoms with Crippen LogP contribution in [0.2, 0.25) is 0 Å².